The molecular formula is C16H12N2O3S. The summed E-state index contributed by atoms with van der Waals surface area (Å²) in [6.07, 6.45) is 0. The molecule has 1 aromatic carbocycles. The smallest absolute Gasteiger partial charge is 0.281 e. The summed E-state index contributed by atoms with van der Waals surface area (Å²) in [4.78, 5) is 24.7. The fraction of sp³-hybridized carbons (Fsp3) is 0.0625. The van der Waals surface area contributed by atoms with Gasteiger partial charge in [0.05, 0.1) is 16.2 Å². The van der Waals surface area contributed by atoms with Gasteiger partial charge in [-0.2, -0.15) is 5.10 Å². The van der Waals surface area contributed by atoms with Gasteiger partial charge in [0.1, 0.15) is 5.76 Å². The normalized spacial score (nSPS) is 14.2. The van der Waals surface area contributed by atoms with E-state index in [0.717, 1.165) is 0 Å². The van der Waals surface area contributed by atoms with E-state index in [2.05, 4.69) is 10.5 Å². The van der Waals surface area contributed by atoms with E-state index in [1.54, 1.807) is 48.7 Å². The summed E-state index contributed by atoms with van der Waals surface area (Å²) in [5.41, 5.74) is 3.70. The third-order valence-electron chi connectivity index (χ3n) is 3.32. The molecule has 5 nitrogen and oxygen atoms in total. The number of nitrogens with one attached hydrogen (secondary N) is 1. The molecule has 0 atom stereocenters. The lowest BCUT2D eigenvalue weighted by atomic mass is 10.1. The SMILES string of the molecule is C/C(=N\NC(=O)c1cccs1)C1=C(O)c2ccccc2C1=O. The molecule has 110 valence electrons. The van der Waals surface area contributed by atoms with Crippen molar-refractivity contribution in [1.82, 2.24) is 5.43 Å². The van der Waals surface area contributed by atoms with Crippen molar-refractivity contribution in [3.8, 4) is 0 Å². The molecule has 0 saturated carbocycles. The molecule has 22 heavy (non-hydrogen) atoms. The summed E-state index contributed by atoms with van der Waals surface area (Å²) < 4.78 is 0. The average Bonchev–Trinajstić information content (AvgIpc) is 3.14. The molecule has 0 unspecified atom stereocenters. The molecule has 2 N–H and O–H groups in total. The summed E-state index contributed by atoms with van der Waals surface area (Å²) >= 11 is 1.30. The van der Waals surface area contributed by atoms with E-state index < -0.39 is 0 Å². The highest BCUT2D eigenvalue weighted by molar-refractivity contribution is 7.12. The number of aliphatic hydroxyl groups is 1. The number of ketones is 1. The number of amides is 1. The molecule has 0 saturated heterocycles. The lowest BCUT2D eigenvalue weighted by molar-refractivity contribution is 0.0957. The molecule has 0 aliphatic heterocycles. The van der Waals surface area contributed by atoms with Gasteiger partial charge in [0.15, 0.2) is 5.78 Å². The Kier molecular flexibility index (Phi) is 3.60. The maximum absolute atomic E-state index is 12.3. The number of benzene rings is 1. The Morgan fingerprint density at radius 1 is 1.18 bits per heavy atom. The fourth-order valence-corrected chi connectivity index (χ4v) is 2.87. The number of carbonyl (C=O) groups is 2. The highest BCUT2D eigenvalue weighted by Gasteiger charge is 2.31. The fourth-order valence-electron chi connectivity index (χ4n) is 2.25. The van der Waals surface area contributed by atoms with Crippen LogP contribution >= 0.6 is 11.3 Å². The lowest BCUT2D eigenvalue weighted by Crippen LogP contribution is -2.19. The number of aliphatic hydroxyl groups excluding tert-OH is 1. The number of hydrogen-bond acceptors (Lipinski definition) is 5. The number of hydrogen-bond donors (Lipinski definition) is 2. The minimum absolute atomic E-state index is 0.104. The molecule has 2 aromatic rings. The van der Waals surface area contributed by atoms with Crippen molar-refractivity contribution < 1.29 is 14.7 Å². The minimum atomic E-state index is -0.350. The second kappa shape index (κ2) is 5.57. The van der Waals surface area contributed by atoms with Crippen LogP contribution < -0.4 is 5.43 Å². The zero-order chi connectivity index (χ0) is 15.7. The molecule has 0 radical (unpaired) electrons. The Labute approximate surface area is 130 Å². The standard InChI is InChI=1S/C16H12N2O3S/c1-9(17-18-16(21)12-7-4-8-22-12)13-14(19)10-5-2-3-6-11(10)15(13)20/h2-8,19H,1H3,(H,18,21)/b17-9+. The monoisotopic (exact) mass is 312 g/mol. The van der Waals surface area contributed by atoms with Gasteiger partial charge >= 0.3 is 0 Å². The molecule has 0 fully saturated rings. The van der Waals surface area contributed by atoms with Crippen LogP contribution in [0.5, 0.6) is 0 Å². The van der Waals surface area contributed by atoms with Crippen molar-refractivity contribution in [2.24, 2.45) is 5.10 Å². The van der Waals surface area contributed by atoms with Gasteiger partial charge in [0, 0.05) is 11.1 Å². The summed E-state index contributed by atoms with van der Waals surface area (Å²) in [5, 5.41) is 15.9. The molecule has 0 bridgehead atoms. The van der Waals surface area contributed by atoms with Crippen LogP contribution in [0.2, 0.25) is 0 Å². The number of hydrazone groups is 1. The number of fused-ring (bicyclic) bond motifs is 1. The first-order valence-electron chi connectivity index (χ1n) is 6.55. The third-order valence-corrected chi connectivity index (χ3v) is 4.19. The summed E-state index contributed by atoms with van der Waals surface area (Å²) in [6, 6.07) is 10.2. The van der Waals surface area contributed by atoms with Crippen LogP contribution in [0.3, 0.4) is 0 Å². The predicted octanol–water partition coefficient (Wildman–Crippen LogP) is 3.02. The number of rotatable bonds is 3. The number of carbonyl (C=O) groups excluding carboxylic acids is 2. The maximum atomic E-state index is 12.3. The minimum Gasteiger partial charge on any atom is -0.506 e. The Morgan fingerprint density at radius 3 is 2.55 bits per heavy atom. The van der Waals surface area contributed by atoms with Crippen molar-refractivity contribution in [2.75, 3.05) is 0 Å². The van der Waals surface area contributed by atoms with Crippen LogP contribution in [0.1, 0.15) is 32.5 Å². The van der Waals surface area contributed by atoms with E-state index in [1.165, 1.54) is 11.3 Å². The van der Waals surface area contributed by atoms with Gasteiger partial charge in [-0.15, -0.1) is 11.3 Å². The van der Waals surface area contributed by atoms with Crippen LogP contribution in [-0.2, 0) is 0 Å². The first-order chi connectivity index (χ1) is 10.6. The van der Waals surface area contributed by atoms with E-state index in [9.17, 15) is 14.7 Å². The second-order valence-electron chi connectivity index (χ2n) is 4.71. The van der Waals surface area contributed by atoms with E-state index in [-0.39, 0.29) is 28.7 Å². The molecule has 0 spiro atoms. The molecule has 3 rings (SSSR count). The van der Waals surface area contributed by atoms with Crippen LogP contribution in [0.25, 0.3) is 5.76 Å². The first-order valence-corrected chi connectivity index (χ1v) is 7.43. The molecule has 6 heteroatoms. The number of allylic oxidation sites excluding steroid dienone is 1. The molecule has 1 aliphatic carbocycles. The third kappa shape index (κ3) is 2.33. The van der Waals surface area contributed by atoms with Crippen LogP contribution in [-0.4, -0.2) is 22.5 Å². The lowest BCUT2D eigenvalue weighted by Gasteiger charge is -2.02. The molecule has 1 aliphatic rings. The van der Waals surface area contributed by atoms with Crippen LogP contribution in [0, 0.1) is 0 Å². The van der Waals surface area contributed by atoms with Crippen LogP contribution in [0.4, 0.5) is 0 Å². The highest BCUT2D eigenvalue weighted by Crippen LogP contribution is 2.31. The van der Waals surface area contributed by atoms with Gasteiger partial charge in [-0.05, 0) is 18.4 Å². The van der Waals surface area contributed by atoms with Crippen molar-refractivity contribution in [2.45, 2.75) is 6.92 Å². The van der Waals surface area contributed by atoms with Crippen molar-refractivity contribution in [3.63, 3.8) is 0 Å². The summed E-state index contributed by atoms with van der Waals surface area (Å²) in [5.74, 6) is -0.746. The van der Waals surface area contributed by atoms with Gasteiger partial charge in [0.2, 0.25) is 0 Å². The molecular weight excluding hydrogens is 300 g/mol. The number of thiophene rings is 1. The van der Waals surface area contributed by atoms with E-state index in [0.29, 0.717) is 16.0 Å². The molecule has 1 heterocycles. The Balaban J connectivity index is 1.85. The average molecular weight is 312 g/mol. The number of nitrogens with zero attached hydrogens (tertiary/aromatic N) is 1. The zero-order valence-corrected chi connectivity index (χ0v) is 12.5. The molecule has 1 amide bonds. The van der Waals surface area contributed by atoms with E-state index >= 15 is 0 Å². The summed E-state index contributed by atoms with van der Waals surface area (Å²) in [7, 11) is 0. The van der Waals surface area contributed by atoms with Gasteiger partial charge in [0.25, 0.3) is 5.91 Å². The van der Waals surface area contributed by atoms with E-state index in [1.807, 2.05) is 0 Å². The molecule has 1 aromatic heterocycles. The van der Waals surface area contributed by atoms with Gasteiger partial charge in [-0.25, -0.2) is 5.43 Å². The number of Topliss-reactive ketones (excluding diaryl/α,β-unsaturated/α-hetero) is 1. The largest absolute Gasteiger partial charge is 0.506 e. The quantitative estimate of drug-likeness (QED) is 0.675. The first kappa shape index (κ1) is 14.2. The topological polar surface area (TPSA) is 78.8 Å². The van der Waals surface area contributed by atoms with Crippen molar-refractivity contribution in [1.29, 1.82) is 0 Å². The Hall–Kier alpha value is -2.73. The van der Waals surface area contributed by atoms with Gasteiger partial charge in [-0.1, -0.05) is 30.3 Å². The predicted molar refractivity (Wildman–Crippen MR) is 85.2 cm³/mol. The second-order valence-corrected chi connectivity index (χ2v) is 5.66. The van der Waals surface area contributed by atoms with E-state index in [4.69, 9.17) is 0 Å². The van der Waals surface area contributed by atoms with Crippen molar-refractivity contribution in [3.05, 3.63) is 63.4 Å². The summed E-state index contributed by atoms with van der Waals surface area (Å²) in [6.45, 7) is 1.57. The Morgan fingerprint density at radius 2 is 1.91 bits per heavy atom. The van der Waals surface area contributed by atoms with Gasteiger partial charge in [-0.3, -0.25) is 9.59 Å². The Bertz CT molecular complexity index is 820. The maximum Gasteiger partial charge on any atom is 0.281 e. The van der Waals surface area contributed by atoms with Gasteiger partial charge < -0.3 is 5.11 Å². The van der Waals surface area contributed by atoms with Crippen molar-refractivity contribution >= 4 is 34.5 Å². The highest BCUT2D eigenvalue weighted by atomic mass is 32.1. The van der Waals surface area contributed by atoms with Crippen LogP contribution in [0.15, 0.2) is 52.5 Å². The zero-order valence-electron chi connectivity index (χ0n) is 11.7.